The van der Waals surface area contributed by atoms with Crippen molar-refractivity contribution in [3.63, 3.8) is 0 Å². The Kier molecular flexibility index (Phi) is 4.71. The zero-order valence-corrected chi connectivity index (χ0v) is 16.2. The van der Waals surface area contributed by atoms with E-state index in [1.165, 1.54) is 6.07 Å². The lowest BCUT2D eigenvalue weighted by Gasteiger charge is -2.11. The van der Waals surface area contributed by atoms with Crippen LogP contribution in [0.1, 0.15) is 21.5 Å². The second-order valence-corrected chi connectivity index (χ2v) is 7.38. The molecule has 147 valence electrons. The van der Waals surface area contributed by atoms with E-state index < -0.39 is 17.6 Å². The number of nitrogens with two attached hydrogens (primary N) is 1. The Morgan fingerprint density at radius 1 is 1.10 bits per heavy atom. The number of carbonyl (C=O) groups excluding carboxylic acids is 1. The Balaban J connectivity index is 2.08. The number of benzene rings is 3. The highest BCUT2D eigenvalue weighted by Gasteiger charge is 2.31. The summed E-state index contributed by atoms with van der Waals surface area (Å²) in [4.78, 5) is 11.9. The van der Waals surface area contributed by atoms with Crippen molar-refractivity contribution >= 4 is 50.9 Å². The van der Waals surface area contributed by atoms with Crippen molar-refractivity contribution in [3.8, 4) is 0 Å². The number of aromatic nitrogens is 1. The molecule has 4 aromatic rings. The van der Waals surface area contributed by atoms with Crippen molar-refractivity contribution in [2.75, 3.05) is 0 Å². The maximum absolute atomic E-state index is 13.3. The van der Waals surface area contributed by atoms with E-state index in [0.717, 1.165) is 12.1 Å². The molecular weight excluding hydrogens is 424 g/mol. The maximum Gasteiger partial charge on any atom is 0.416 e. The van der Waals surface area contributed by atoms with E-state index in [1.54, 1.807) is 34.9 Å². The molecule has 1 radical (unpaired) electrons. The Hall–Kier alpha value is -2.70. The third-order valence-electron chi connectivity index (χ3n) is 4.72. The molecule has 29 heavy (non-hydrogen) atoms. The van der Waals surface area contributed by atoms with Gasteiger partial charge in [-0.15, -0.1) is 0 Å². The molecule has 3 nitrogen and oxygen atoms in total. The quantitative estimate of drug-likeness (QED) is 0.417. The first-order valence-corrected chi connectivity index (χ1v) is 9.20. The molecule has 0 atom stereocenters. The van der Waals surface area contributed by atoms with E-state index in [-0.39, 0.29) is 17.6 Å². The predicted molar refractivity (Wildman–Crippen MR) is 107 cm³/mol. The minimum atomic E-state index is -4.54. The molecule has 0 saturated carbocycles. The summed E-state index contributed by atoms with van der Waals surface area (Å²) in [6.45, 7) is 0.150. The number of carbonyl (C=O) groups is 1. The molecule has 1 amide bonds. The van der Waals surface area contributed by atoms with Gasteiger partial charge in [0.05, 0.1) is 16.6 Å². The van der Waals surface area contributed by atoms with Crippen LogP contribution in [-0.2, 0) is 12.7 Å². The van der Waals surface area contributed by atoms with Crippen LogP contribution in [0.3, 0.4) is 0 Å². The second kappa shape index (κ2) is 6.97. The summed E-state index contributed by atoms with van der Waals surface area (Å²) >= 11 is 12.3. The van der Waals surface area contributed by atoms with E-state index in [2.05, 4.69) is 6.07 Å². The summed E-state index contributed by atoms with van der Waals surface area (Å²) in [6, 6.07) is 14.4. The van der Waals surface area contributed by atoms with Crippen molar-refractivity contribution in [3.05, 3.63) is 81.3 Å². The first-order valence-electron chi connectivity index (χ1n) is 8.44. The van der Waals surface area contributed by atoms with Crippen molar-refractivity contribution < 1.29 is 18.0 Å². The molecule has 0 saturated heterocycles. The number of primary amides is 1. The number of amides is 1. The molecular formula is C21H12Cl2F3N2O. The number of alkyl halides is 3. The molecule has 0 aliphatic rings. The third kappa shape index (κ3) is 3.43. The lowest BCUT2D eigenvalue weighted by Crippen LogP contribution is -2.11. The van der Waals surface area contributed by atoms with Gasteiger partial charge in [0.15, 0.2) is 0 Å². The van der Waals surface area contributed by atoms with E-state index in [0.29, 0.717) is 31.9 Å². The van der Waals surface area contributed by atoms with Crippen molar-refractivity contribution in [1.82, 2.24) is 4.57 Å². The second-order valence-electron chi connectivity index (χ2n) is 6.53. The molecule has 0 bridgehead atoms. The fraction of sp³-hybridized carbons (Fsp3) is 0.0952. The van der Waals surface area contributed by atoms with Crippen LogP contribution in [-0.4, -0.2) is 10.5 Å². The standard InChI is InChI=1S/C21H12Cl2F3N2O/c22-13-5-7-16(23)11(8-13)10-28-17-3-1-2-15(20(27)29)19(17)14-6-4-12(9-18(14)28)21(24,25)26/h1-5,7-9H,10H2,(H2,27,29). The minimum absolute atomic E-state index is 0.150. The third-order valence-corrected chi connectivity index (χ3v) is 5.33. The van der Waals surface area contributed by atoms with E-state index in [4.69, 9.17) is 28.9 Å². The van der Waals surface area contributed by atoms with Gasteiger partial charge in [-0.25, -0.2) is 0 Å². The molecule has 0 fully saturated rings. The van der Waals surface area contributed by atoms with E-state index in [1.807, 2.05) is 0 Å². The monoisotopic (exact) mass is 435 g/mol. The zero-order chi connectivity index (χ0) is 20.9. The van der Waals surface area contributed by atoms with Crippen LogP contribution in [0.2, 0.25) is 10.0 Å². The first kappa shape index (κ1) is 19.6. The summed E-state index contributed by atoms with van der Waals surface area (Å²) in [7, 11) is 0. The van der Waals surface area contributed by atoms with E-state index in [9.17, 15) is 18.0 Å². The molecule has 0 unspecified atom stereocenters. The van der Waals surface area contributed by atoms with Crippen LogP contribution >= 0.6 is 23.2 Å². The molecule has 0 spiro atoms. The lowest BCUT2D eigenvalue weighted by molar-refractivity contribution is -0.137. The van der Waals surface area contributed by atoms with Crippen LogP contribution in [0.25, 0.3) is 21.8 Å². The van der Waals surface area contributed by atoms with Crippen LogP contribution in [0.4, 0.5) is 13.2 Å². The van der Waals surface area contributed by atoms with Gasteiger partial charge < -0.3 is 10.3 Å². The molecule has 2 N–H and O–H groups in total. The lowest BCUT2D eigenvalue weighted by atomic mass is 10.0. The molecule has 3 aromatic carbocycles. The van der Waals surface area contributed by atoms with E-state index >= 15 is 0 Å². The summed E-state index contributed by atoms with van der Waals surface area (Å²) in [5.74, 6) is -0.677. The van der Waals surface area contributed by atoms with Gasteiger partial charge in [0.2, 0.25) is 5.91 Å². The summed E-state index contributed by atoms with van der Waals surface area (Å²) in [5, 5.41) is 1.69. The smallest absolute Gasteiger partial charge is 0.366 e. The highest BCUT2D eigenvalue weighted by Crippen LogP contribution is 2.37. The average Bonchev–Trinajstić information content (AvgIpc) is 2.97. The Morgan fingerprint density at radius 3 is 2.55 bits per heavy atom. The van der Waals surface area contributed by atoms with Crippen molar-refractivity contribution in [2.45, 2.75) is 12.7 Å². The van der Waals surface area contributed by atoms with Crippen LogP contribution < -0.4 is 5.73 Å². The summed E-state index contributed by atoms with van der Waals surface area (Å²) < 4.78 is 41.6. The van der Waals surface area contributed by atoms with Crippen molar-refractivity contribution in [2.24, 2.45) is 5.73 Å². The Morgan fingerprint density at radius 2 is 1.86 bits per heavy atom. The molecule has 0 aliphatic carbocycles. The normalized spacial score (nSPS) is 12.0. The predicted octanol–water partition coefficient (Wildman–Crippen LogP) is 6.07. The topological polar surface area (TPSA) is 48.0 Å². The molecule has 8 heteroatoms. The number of fused-ring (bicyclic) bond motifs is 3. The molecule has 0 aliphatic heterocycles. The van der Waals surface area contributed by atoms with Gasteiger partial charge in [0.1, 0.15) is 0 Å². The number of halogens is 5. The SMILES string of the molecule is NC(=O)c1cccc2c1c1[c]cc(C(F)(F)F)cc1n2Cc1cc(Cl)ccc1Cl. The van der Waals surface area contributed by atoms with Crippen LogP contribution in [0.15, 0.2) is 48.5 Å². The molecule has 4 rings (SSSR count). The highest BCUT2D eigenvalue weighted by molar-refractivity contribution is 6.33. The summed E-state index contributed by atoms with van der Waals surface area (Å²) in [6.07, 6.45) is -4.54. The number of hydrogen-bond donors (Lipinski definition) is 1. The molecule has 1 aromatic heterocycles. The Bertz CT molecular complexity index is 1280. The zero-order valence-electron chi connectivity index (χ0n) is 14.6. The highest BCUT2D eigenvalue weighted by atomic mass is 35.5. The van der Waals surface area contributed by atoms with Gasteiger partial charge in [-0.3, -0.25) is 4.79 Å². The average molecular weight is 436 g/mol. The fourth-order valence-electron chi connectivity index (χ4n) is 3.43. The fourth-order valence-corrected chi connectivity index (χ4v) is 3.80. The van der Waals surface area contributed by atoms with Gasteiger partial charge in [0, 0.05) is 32.9 Å². The van der Waals surface area contributed by atoms with Crippen LogP contribution in [0.5, 0.6) is 0 Å². The Labute approximate surface area is 173 Å². The van der Waals surface area contributed by atoms with Gasteiger partial charge in [-0.05, 0) is 54.1 Å². The van der Waals surface area contributed by atoms with Gasteiger partial charge in [-0.2, -0.15) is 13.2 Å². The van der Waals surface area contributed by atoms with Gasteiger partial charge >= 0.3 is 6.18 Å². The number of rotatable bonds is 3. The summed E-state index contributed by atoms with van der Waals surface area (Å²) in [5.41, 5.74) is 6.29. The van der Waals surface area contributed by atoms with Gasteiger partial charge in [0.25, 0.3) is 0 Å². The minimum Gasteiger partial charge on any atom is -0.366 e. The maximum atomic E-state index is 13.3. The first-order chi connectivity index (χ1) is 13.7. The molecule has 1 heterocycles. The number of nitrogens with zero attached hydrogens (tertiary/aromatic N) is 1. The van der Waals surface area contributed by atoms with Crippen LogP contribution in [0, 0.1) is 6.07 Å². The largest absolute Gasteiger partial charge is 0.416 e. The van der Waals surface area contributed by atoms with Crippen molar-refractivity contribution in [1.29, 1.82) is 0 Å². The van der Waals surface area contributed by atoms with Gasteiger partial charge in [-0.1, -0.05) is 29.3 Å². The number of hydrogen-bond acceptors (Lipinski definition) is 1.